The van der Waals surface area contributed by atoms with Crippen LogP contribution in [0, 0.1) is 0 Å². The van der Waals surface area contributed by atoms with Crippen LogP contribution in [0.1, 0.15) is 20.7 Å². The number of amides is 2. The standard InChI is InChI=1S/C13H11Cl2N3O3.C13H13ClN4O3/c2*1-20-8-3-7(4-9(5-8)21-2)18-13(19)10-11(14)16-6-17-12(10)15/h3-6H,1-2H3,(H,18,19);3-6H,1-2H3,(H,18,19)(H2,15,16,17). The summed E-state index contributed by atoms with van der Waals surface area (Å²) in [5.74, 6) is 1.09. The summed E-state index contributed by atoms with van der Waals surface area (Å²) in [5, 5.41) is 5.22. The number of nitrogens with zero attached hydrogens (tertiary/aromatic N) is 4. The summed E-state index contributed by atoms with van der Waals surface area (Å²) in [6, 6.07) is 9.89. The van der Waals surface area contributed by atoms with Gasteiger partial charge in [-0.15, -0.1) is 0 Å². The van der Waals surface area contributed by atoms with Gasteiger partial charge in [-0.2, -0.15) is 0 Å². The van der Waals surface area contributed by atoms with Crippen molar-refractivity contribution >= 4 is 63.8 Å². The van der Waals surface area contributed by atoms with E-state index < -0.39 is 11.8 Å². The van der Waals surface area contributed by atoms with E-state index in [1.807, 2.05) is 0 Å². The third kappa shape index (κ3) is 8.22. The summed E-state index contributed by atoms with van der Waals surface area (Å²) in [6.07, 6.45) is 2.36. The minimum absolute atomic E-state index is 0.00219. The highest BCUT2D eigenvalue weighted by atomic mass is 35.5. The van der Waals surface area contributed by atoms with E-state index in [4.69, 9.17) is 59.5 Å². The first-order valence-electron chi connectivity index (χ1n) is 11.6. The van der Waals surface area contributed by atoms with Crippen LogP contribution in [0.25, 0.3) is 0 Å². The number of halogens is 3. The maximum Gasteiger partial charge on any atom is 0.262 e. The van der Waals surface area contributed by atoms with Crippen LogP contribution < -0.4 is 35.3 Å². The first-order chi connectivity index (χ1) is 20.1. The molecule has 0 aliphatic carbocycles. The number of nitrogens with two attached hydrogens (primary N) is 1. The van der Waals surface area contributed by atoms with Gasteiger partial charge in [0.1, 0.15) is 68.1 Å². The Morgan fingerprint density at radius 2 is 0.929 bits per heavy atom. The average Bonchev–Trinajstić information content (AvgIpc) is 2.96. The maximum absolute atomic E-state index is 12.2. The van der Waals surface area contributed by atoms with E-state index in [1.54, 1.807) is 36.4 Å². The predicted molar refractivity (Wildman–Crippen MR) is 159 cm³/mol. The van der Waals surface area contributed by atoms with Crippen LogP contribution in [0.2, 0.25) is 15.5 Å². The second-order valence-corrected chi connectivity index (χ2v) is 8.94. The molecule has 13 nitrogen and oxygen atoms in total. The molecule has 0 spiro atoms. The lowest BCUT2D eigenvalue weighted by atomic mass is 10.2. The number of carbonyl (C=O) groups is 2. The van der Waals surface area contributed by atoms with Crippen molar-refractivity contribution in [1.82, 2.24) is 19.9 Å². The molecule has 16 heteroatoms. The fraction of sp³-hybridized carbons (Fsp3) is 0.154. The number of carbonyl (C=O) groups excluding carboxylic acids is 2. The first kappa shape index (κ1) is 31.9. The summed E-state index contributed by atoms with van der Waals surface area (Å²) in [6.45, 7) is 0. The molecule has 4 aromatic rings. The molecule has 0 unspecified atom stereocenters. The minimum Gasteiger partial charge on any atom is -0.497 e. The Balaban J connectivity index is 0.000000230. The lowest BCUT2D eigenvalue weighted by Crippen LogP contribution is -2.16. The van der Waals surface area contributed by atoms with Crippen LogP contribution in [0.15, 0.2) is 49.1 Å². The molecule has 0 saturated heterocycles. The molecular weight excluding hydrogens is 613 g/mol. The highest BCUT2D eigenvalue weighted by Crippen LogP contribution is 2.29. The predicted octanol–water partition coefficient (Wildman–Crippen LogP) is 5.03. The Kier molecular flexibility index (Phi) is 11.3. The monoisotopic (exact) mass is 635 g/mol. The van der Waals surface area contributed by atoms with Gasteiger partial charge < -0.3 is 35.3 Å². The van der Waals surface area contributed by atoms with Crippen LogP contribution in [0.3, 0.4) is 0 Å². The number of nitrogens with one attached hydrogen (secondary N) is 2. The van der Waals surface area contributed by atoms with Gasteiger partial charge in [0.2, 0.25) is 0 Å². The second kappa shape index (κ2) is 14.9. The minimum atomic E-state index is -0.527. The zero-order valence-electron chi connectivity index (χ0n) is 22.6. The molecule has 0 saturated carbocycles. The van der Waals surface area contributed by atoms with E-state index in [0.717, 1.165) is 0 Å². The second-order valence-electron chi connectivity index (χ2n) is 7.87. The Bertz CT molecular complexity index is 1390. The highest BCUT2D eigenvalue weighted by molar-refractivity contribution is 6.39. The zero-order chi connectivity index (χ0) is 30.8. The average molecular weight is 637 g/mol. The SMILES string of the molecule is COc1cc(NC(=O)c2c(Cl)ncnc2Cl)cc(OC)c1.COc1cc(NC(=O)c2c(N)ncnc2Cl)cc(OC)c1. The molecule has 0 aliphatic heterocycles. The first-order valence-corrected chi connectivity index (χ1v) is 12.7. The maximum atomic E-state index is 12.2. The molecule has 0 radical (unpaired) electrons. The lowest BCUT2D eigenvalue weighted by Gasteiger charge is -2.11. The van der Waals surface area contributed by atoms with E-state index in [-0.39, 0.29) is 32.4 Å². The third-order valence-corrected chi connectivity index (χ3v) is 6.12. The van der Waals surface area contributed by atoms with Crippen molar-refractivity contribution in [1.29, 1.82) is 0 Å². The number of aromatic nitrogens is 4. The molecule has 2 heterocycles. The summed E-state index contributed by atoms with van der Waals surface area (Å²) in [4.78, 5) is 39.4. The van der Waals surface area contributed by atoms with E-state index >= 15 is 0 Å². The Hall–Kier alpha value is -4.59. The van der Waals surface area contributed by atoms with Gasteiger partial charge in [-0.3, -0.25) is 9.59 Å². The van der Waals surface area contributed by atoms with Crippen LogP contribution in [-0.4, -0.2) is 60.2 Å². The zero-order valence-corrected chi connectivity index (χ0v) is 24.8. The molecule has 2 aromatic heterocycles. The van der Waals surface area contributed by atoms with Crippen molar-refractivity contribution < 1.29 is 28.5 Å². The highest BCUT2D eigenvalue weighted by Gasteiger charge is 2.18. The molecule has 42 heavy (non-hydrogen) atoms. The number of rotatable bonds is 8. The molecule has 0 bridgehead atoms. The van der Waals surface area contributed by atoms with Gasteiger partial charge in [0.25, 0.3) is 11.8 Å². The smallest absolute Gasteiger partial charge is 0.262 e. The van der Waals surface area contributed by atoms with Crippen molar-refractivity contribution in [3.05, 3.63) is 75.6 Å². The number of ether oxygens (including phenoxy) is 4. The van der Waals surface area contributed by atoms with Gasteiger partial charge in [0, 0.05) is 47.8 Å². The lowest BCUT2D eigenvalue weighted by molar-refractivity contribution is 0.101. The molecule has 0 aliphatic rings. The summed E-state index contributed by atoms with van der Waals surface area (Å²) in [7, 11) is 6.05. The number of methoxy groups -OCH3 is 4. The quantitative estimate of drug-likeness (QED) is 0.221. The molecule has 2 amide bonds. The largest absolute Gasteiger partial charge is 0.497 e. The van der Waals surface area contributed by atoms with Gasteiger partial charge in [0.15, 0.2) is 0 Å². The normalized spacial score (nSPS) is 10.1. The molecule has 4 N–H and O–H groups in total. The molecule has 220 valence electrons. The van der Waals surface area contributed by atoms with Crippen LogP contribution >= 0.6 is 34.8 Å². The number of hydrogen-bond acceptors (Lipinski definition) is 11. The fourth-order valence-electron chi connectivity index (χ4n) is 3.26. The fourth-order valence-corrected chi connectivity index (χ4v) is 3.98. The molecule has 2 aromatic carbocycles. The van der Waals surface area contributed by atoms with Crippen molar-refractivity contribution in [2.75, 3.05) is 44.8 Å². The van der Waals surface area contributed by atoms with E-state index in [1.165, 1.54) is 41.1 Å². The number of nitrogen functional groups attached to an aromatic ring is 1. The topological polar surface area (TPSA) is 173 Å². The van der Waals surface area contributed by atoms with Crippen molar-refractivity contribution in [2.24, 2.45) is 0 Å². The van der Waals surface area contributed by atoms with Crippen molar-refractivity contribution in [2.45, 2.75) is 0 Å². The van der Waals surface area contributed by atoms with Gasteiger partial charge in [0.05, 0.1) is 28.4 Å². The number of benzene rings is 2. The third-order valence-electron chi connectivity index (χ3n) is 5.26. The van der Waals surface area contributed by atoms with E-state index in [2.05, 4.69) is 30.6 Å². The Labute approximate surface area is 255 Å². The summed E-state index contributed by atoms with van der Waals surface area (Å²) in [5.41, 5.74) is 6.59. The number of anilines is 3. The van der Waals surface area contributed by atoms with E-state index in [0.29, 0.717) is 34.4 Å². The van der Waals surface area contributed by atoms with Gasteiger partial charge >= 0.3 is 0 Å². The Morgan fingerprint density at radius 1 is 0.595 bits per heavy atom. The van der Waals surface area contributed by atoms with Gasteiger partial charge in [-0.05, 0) is 0 Å². The Morgan fingerprint density at radius 3 is 1.29 bits per heavy atom. The van der Waals surface area contributed by atoms with E-state index in [9.17, 15) is 9.59 Å². The molecule has 4 rings (SSSR count). The summed E-state index contributed by atoms with van der Waals surface area (Å²) < 4.78 is 20.5. The van der Waals surface area contributed by atoms with Crippen LogP contribution in [-0.2, 0) is 0 Å². The van der Waals surface area contributed by atoms with Crippen molar-refractivity contribution in [3.8, 4) is 23.0 Å². The molecule has 0 fully saturated rings. The molecular formula is C26H24Cl3N7O6. The van der Waals surface area contributed by atoms with Crippen LogP contribution in [0.4, 0.5) is 17.2 Å². The van der Waals surface area contributed by atoms with Crippen LogP contribution in [0.5, 0.6) is 23.0 Å². The summed E-state index contributed by atoms with van der Waals surface area (Å²) >= 11 is 17.6. The van der Waals surface area contributed by atoms with Crippen molar-refractivity contribution in [3.63, 3.8) is 0 Å². The van der Waals surface area contributed by atoms with Gasteiger partial charge in [-0.1, -0.05) is 34.8 Å². The molecule has 0 atom stereocenters. The number of hydrogen-bond donors (Lipinski definition) is 3. The van der Waals surface area contributed by atoms with Gasteiger partial charge in [-0.25, -0.2) is 19.9 Å².